The molecule has 0 aliphatic heterocycles. The molecule has 0 bridgehead atoms. The van der Waals surface area contributed by atoms with Crippen molar-refractivity contribution in [1.29, 1.82) is 0 Å². The first-order valence-corrected chi connectivity index (χ1v) is 8.83. The Labute approximate surface area is 159 Å². The third-order valence-electron chi connectivity index (χ3n) is 3.33. The van der Waals surface area contributed by atoms with Crippen molar-refractivity contribution < 1.29 is 28.7 Å². The molecule has 142 valence electrons. The Morgan fingerprint density at radius 2 is 1.81 bits per heavy atom. The van der Waals surface area contributed by atoms with E-state index in [0.717, 1.165) is 0 Å². The van der Waals surface area contributed by atoms with Crippen LogP contribution in [0.1, 0.15) is 26.5 Å². The summed E-state index contributed by atoms with van der Waals surface area (Å²) in [6.45, 7) is -0.540. The van der Waals surface area contributed by atoms with Gasteiger partial charge in [-0.1, -0.05) is 18.2 Å². The van der Waals surface area contributed by atoms with Gasteiger partial charge in [0.05, 0.1) is 24.0 Å². The molecule has 9 heteroatoms. The van der Waals surface area contributed by atoms with Crippen LogP contribution in [-0.4, -0.2) is 44.0 Å². The van der Waals surface area contributed by atoms with Crippen molar-refractivity contribution in [3.05, 3.63) is 52.2 Å². The lowest BCUT2D eigenvalue weighted by Crippen LogP contribution is -2.34. The van der Waals surface area contributed by atoms with Crippen LogP contribution < -0.4 is 15.4 Å². The first-order chi connectivity index (χ1) is 13.0. The Balaban J connectivity index is 1.68. The minimum atomic E-state index is -0.722. The second-order valence-electron chi connectivity index (χ2n) is 5.22. The number of hydrogen-bond acceptors (Lipinski definition) is 7. The van der Waals surface area contributed by atoms with Crippen LogP contribution in [0.4, 0.5) is 0 Å². The van der Waals surface area contributed by atoms with E-state index >= 15 is 0 Å². The Bertz CT molecular complexity index is 819. The number of imide groups is 1. The molecule has 0 aliphatic rings. The van der Waals surface area contributed by atoms with E-state index in [9.17, 15) is 19.2 Å². The number of ether oxygens (including phenoxy) is 2. The van der Waals surface area contributed by atoms with Crippen LogP contribution in [0.2, 0.25) is 0 Å². The molecule has 2 N–H and O–H groups in total. The quantitative estimate of drug-likeness (QED) is 0.659. The number of nitrogens with one attached hydrogen (secondary N) is 2. The number of methoxy groups -OCH3 is 1. The number of rotatable bonds is 8. The molecular formula is C18H18N2O6S. The van der Waals surface area contributed by atoms with Gasteiger partial charge < -0.3 is 14.8 Å². The Kier molecular flexibility index (Phi) is 7.50. The maximum Gasteiger partial charge on any atom is 0.308 e. The van der Waals surface area contributed by atoms with Crippen molar-refractivity contribution in [3.8, 4) is 5.75 Å². The Morgan fingerprint density at radius 3 is 2.52 bits per heavy atom. The van der Waals surface area contributed by atoms with E-state index in [2.05, 4.69) is 10.6 Å². The third-order valence-corrected chi connectivity index (χ3v) is 4.20. The van der Waals surface area contributed by atoms with Crippen molar-refractivity contribution in [3.63, 3.8) is 0 Å². The van der Waals surface area contributed by atoms with Crippen molar-refractivity contribution in [2.45, 2.75) is 6.42 Å². The molecule has 0 atom stereocenters. The lowest BCUT2D eigenvalue weighted by Gasteiger charge is -2.09. The molecule has 0 fully saturated rings. The summed E-state index contributed by atoms with van der Waals surface area (Å²) in [5, 5.41) is 6.39. The number of carbonyl (C=O) groups excluding carboxylic acids is 4. The summed E-state index contributed by atoms with van der Waals surface area (Å²) >= 11 is 1.19. The maximum atomic E-state index is 12.1. The van der Waals surface area contributed by atoms with Gasteiger partial charge in [0.15, 0.2) is 6.61 Å². The second-order valence-corrected chi connectivity index (χ2v) is 6.17. The molecule has 27 heavy (non-hydrogen) atoms. The van der Waals surface area contributed by atoms with Crippen molar-refractivity contribution in [2.75, 3.05) is 20.3 Å². The molecular weight excluding hydrogens is 372 g/mol. The SMILES string of the molecule is COc1ccccc1C(=O)NCCC(=O)OCC(=O)NC(=O)c1cccs1. The molecule has 1 aromatic carbocycles. The summed E-state index contributed by atoms with van der Waals surface area (Å²) in [4.78, 5) is 47.4. The van der Waals surface area contributed by atoms with Gasteiger partial charge in [-0.25, -0.2) is 0 Å². The number of hydrogen-bond donors (Lipinski definition) is 2. The molecule has 2 aromatic rings. The Hall–Kier alpha value is -3.20. The average Bonchev–Trinajstić information content (AvgIpc) is 3.21. The number of carbonyl (C=O) groups is 4. The molecule has 0 spiro atoms. The number of thiophene rings is 1. The van der Waals surface area contributed by atoms with Crippen LogP contribution in [0, 0.1) is 0 Å². The topological polar surface area (TPSA) is 111 Å². The summed E-state index contributed by atoms with van der Waals surface area (Å²) in [5.74, 6) is -1.91. The summed E-state index contributed by atoms with van der Waals surface area (Å²) in [7, 11) is 1.46. The predicted molar refractivity (Wildman–Crippen MR) is 97.7 cm³/mol. The summed E-state index contributed by atoms with van der Waals surface area (Å²) < 4.78 is 9.87. The van der Waals surface area contributed by atoms with Gasteiger partial charge in [0.2, 0.25) is 0 Å². The standard InChI is InChI=1S/C18H18N2O6S/c1-25-13-6-3-2-5-12(13)17(23)19-9-8-16(22)26-11-15(21)20-18(24)14-7-4-10-27-14/h2-7,10H,8-9,11H2,1H3,(H,19,23)(H,20,21,24). The summed E-state index contributed by atoms with van der Waals surface area (Å²) in [6.07, 6.45) is -0.118. The highest BCUT2D eigenvalue weighted by Gasteiger charge is 2.14. The van der Waals surface area contributed by atoms with Crippen molar-refractivity contribution in [1.82, 2.24) is 10.6 Å². The summed E-state index contributed by atoms with van der Waals surface area (Å²) in [6, 6.07) is 9.94. The van der Waals surface area contributed by atoms with Crippen LogP contribution in [-0.2, 0) is 14.3 Å². The zero-order valence-corrected chi connectivity index (χ0v) is 15.3. The van der Waals surface area contributed by atoms with Crippen molar-refractivity contribution in [2.24, 2.45) is 0 Å². The van der Waals surface area contributed by atoms with E-state index in [1.165, 1.54) is 18.4 Å². The van der Waals surface area contributed by atoms with Gasteiger partial charge in [-0.3, -0.25) is 24.5 Å². The second kappa shape index (κ2) is 10.1. The normalized spacial score (nSPS) is 9.96. The highest BCUT2D eigenvalue weighted by molar-refractivity contribution is 7.12. The fraction of sp³-hybridized carbons (Fsp3) is 0.222. The molecule has 1 aromatic heterocycles. The summed E-state index contributed by atoms with van der Waals surface area (Å²) in [5.41, 5.74) is 0.347. The molecule has 3 amide bonds. The minimum Gasteiger partial charge on any atom is -0.496 e. The van der Waals surface area contributed by atoms with Gasteiger partial charge in [0.25, 0.3) is 17.7 Å². The highest BCUT2D eigenvalue weighted by atomic mass is 32.1. The number of para-hydroxylation sites is 1. The maximum absolute atomic E-state index is 12.1. The first kappa shape index (κ1) is 20.1. The number of esters is 1. The van der Waals surface area contributed by atoms with E-state index in [1.807, 2.05) is 0 Å². The minimum absolute atomic E-state index is 0.0332. The molecule has 0 unspecified atom stereocenters. The molecule has 0 saturated carbocycles. The first-order valence-electron chi connectivity index (χ1n) is 7.95. The molecule has 1 heterocycles. The molecule has 8 nitrogen and oxygen atoms in total. The lowest BCUT2D eigenvalue weighted by atomic mass is 10.2. The van der Waals surface area contributed by atoms with Gasteiger partial charge in [-0.2, -0.15) is 0 Å². The number of benzene rings is 1. The number of amides is 3. The van der Waals surface area contributed by atoms with Gasteiger partial charge in [-0.15, -0.1) is 11.3 Å². The zero-order chi connectivity index (χ0) is 19.6. The lowest BCUT2D eigenvalue weighted by molar-refractivity contribution is -0.148. The molecule has 0 radical (unpaired) electrons. The van der Waals surface area contributed by atoms with Crippen LogP contribution in [0.3, 0.4) is 0 Å². The van der Waals surface area contributed by atoms with E-state index in [0.29, 0.717) is 16.2 Å². The van der Waals surface area contributed by atoms with Crippen LogP contribution in [0.25, 0.3) is 0 Å². The van der Waals surface area contributed by atoms with E-state index in [1.54, 1.807) is 41.8 Å². The third kappa shape index (κ3) is 6.23. The molecule has 2 rings (SSSR count). The van der Waals surface area contributed by atoms with Gasteiger partial charge >= 0.3 is 5.97 Å². The fourth-order valence-electron chi connectivity index (χ4n) is 2.06. The molecule has 0 aliphatic carbocycles. The fourth-order valence-corrected chi connectivity index (χ4v) is 2.67. The molecule has 0 saturated heterocycles. The van der Waals surface area contributed by atoms with E-state index in [4.69, 9.17) is 9.47 Å². The van der Waals surface area contributed by atoms with Crippen LogP contribution >= 0.6 is 11.3 Å². The van der Waals surface area contributed by atoms with Crippen LogP contribution in [0.5, 0.6) is 5.75 Å². The largest absolute Gasteiger partial charge is 0.496 e. The Morgan fingerprint density at radius 1 is 1.04 bits per heavy atom. The van der Waals surface area contributed by atoms with Gasteiger partial charge in [0.1, 0.15) is 5.75 Å². The smallest absolute Gasteiger partial charge is 0.308 e. The van der Waals surface area contributed by atoms with E-state index in [-0.39, 0.29) is 18.9 Å². The average molecular weight is 390 g/mol. The van der Waals surface area contributed by atoms with Gasteiger partial charge in [0, 0.05) is 6.54 Å². The van der Waals surface area contributed by atoms with Gasteiger partial charge in [-0.05, 0) is 23.6 Å². The van der Waals surface area contributed by atoms with Crippen molar-refractivity contribution >= 4 is 35.0 Å². The monoisotopic (exact) mass is 390 g/mol. The van der Waals surface area contributed by atoms with E-state index < -0.39 is 24.4 Å². The zero-order valence-electron chi connectivity index (χ0n) is 14.5. The predicted octanol–water partition coefficient (Wildman–Crippen LogP) is 1.38. The highest BCUT2D eigenvalue weighted by Crippen LogP contribution is 2.16. The van der Waals surface area contributed by atoms with Crippen LogP contribution in [0.15, 0.2) is 41.8 Å².